The average Bonchev–Trinajstić information content (AvgIpc) is 2.81. The molecule has 0 spiro atoms. The van der Waals surface area contributed by atoms with Crippen LogP contribution < -0.4 is 9.64 Å². The van der Waals surface area contributed by atoms with Gasteiger partial charge in [-0.2, -0.15) is 0 Å². The minimum atomic E-state index is -1.04. The van der Waals surface area contributed by atoms with Crippen LogP contribution in [0, 0.1) is 10.1 Å². The molecule has 7 nitrogen and oxygen atoms in total. The molecule has 1 saturated heterocycles. The molecule has 0 amide bonds. The van der Waals surface area contributed by atoms with Gasteiger partial charge in [0, 0.05) is 24.4 Å². The van der Waals surface area contributed by atoms with E-state index in [2.05, 4.69) is 0 Å². The summed E-state index contributed by atoms with van der Waals surface area (Å²) in [6.45, 7) is 2.18. The fourth-order valence-electron chi connectivity index (χ4n) is 2.55. The number of carboxylic acid groups (broad SMARTS) is 1. The molecule has 1 fully saturated rings. The maximum absolute atomic E-state index is 11.5. The second kappa shape index (κ2) is 4.99. The first-order valence-electron chi connectivity index (χ1n) is 6.23. The molecule has 0 aromatic heterocycles. The van der Waals surface area contributed by atoms with E-state index in [9.17, 15) is 20.0 Å². The zero-order chi connectivity index (χ0) is 14.9. The smallest absolute Gasteiger partial charge is 0.329 e. The Kier molecular flexibility index (Phi) is 3.52. The van der Waals surface area contributed by atoms with Crippen molar-refractivity contribution in [1.29, 1.82) is 0 Å². The van der Waals surface area contributed by atoms with Gasteiger partial charge in [0.2, 0.25) is 0 Å². The summed E-state index contributed by atoms with van der Waals surface area (Å²) in [4.78, 5) is 23.6. The van der Waals surface area contributed by atoms with E-state index in [1.807, 2.05) is 0 Å². The van der Waals surface area contributed by atoms with Crippen LogP contribution >= 0.6 is 0 Å². The Labute approximate surface area is 115 Å². The zero-order valence-electron chi connectivity index (χ0n) is 11.3. The van der Waals surface area contributed by atoms with Crippen molar-refractivity contribution in [3.63, 3.8) is 0 Å². The van der Waals surface area contributed by atoms with E-state index in [0.29, 0.717) is 24.4 Å². The number of rotatable bonds is 4. The van der Waals surface area contributed by atoms with Crippen LogP contribution in [0.2, 0.25) is 0 Å². The highest BCUT2D eigenvalue weighted by Gasteiger charge is 2.43. The number of aliphatic carboxylic acids is 1. The Balaban J connectivity index is 2.49. The highest BCUT2D eigenvalue weighted by atomic mass is 16.6. The summed E-state index contributed by atoms with van der Waals surface area (Å²) in [5.41, 5.74) is -0.655. The number of hydrogen-bond acceptors (Lipinski definition) is 5. The second-order valence-electron chi connectivity index (χ2n) is 4.98. The fraction of sp³-hybridized carbons (Fsp3) is 0.462. The Morgan fingerprint density at radius 1 is 1.50 bits per heavy atom. The molecule has 20 heavy (non-hydrogen) atoms. The SMILES string of the molecule is COc1cc(N2CCCC2(C)C(=O)O)cc([N+](=O)[O-])c1. The summed E-state index contributed by atoms with van der Waals surface area (Å²) in [6, 6.07) is 4.33. The van der Waals surface area contributed by atoms with Gasteiger partial charge in [-0.25, -0.2) is 4.79 Å². The predicted molar refractivity (Wildman–Crippen MR) is 72.3 cm³/mol. The molecule has 0 aliphatic carbocycles. The predicted octanol–water partition coefficient (Wildman–Crippen LogP) is 2.05. The summed E-state index contributed by atoms with van der Waals surface area (Å²) < 4.78 is 5.06. The summed E-state index contributed by atoms with van der Waals surface area (Å²) in [5, 5.41) is 20.3. The molecule has 1 aromatic rings. The van der Waals surface area contributed by atoms with Crippen molar-refractivity contribution in [2.45, 2.75) is 25.3 Å². The van der Waals surface area contributed by atoms with Crippen molar-refractivity contribution in [3.8, 4) is 5.75 Å². The normalized spacial score (nSPS) is 21.8. The largest absolute Gasteiger partial charge is 0.496 e. The molecule has 0 radical (unpaired) electrons. The van der Waals surface area contributed by atoms with Crippen LogP contribution in [-0.4, -0.2) is 35.2 Å². The van der Waals surface area contributed by atoms with Crippen LogP contribution in [0.15, 0.2) is 18.2 Å². The molecule has 0 saturated carbocycles. The molecule has 108 valence electrons. The number of non-ortho nitro benzene ring substituents is 1. The van der Waals surface area contributed by atoms with E-state index in [-0.39, 0.29) is 5.69 Å². The van der Waals surface area contributed by atoms with Gasteiger partial charge in [0.1, 0.15) is 11.3 Å². The van der Waals surface area contributed by atoms with Gasteiger partial charge in [0.05, 0.1) is 18.1 Å². The van der Waals surface area contributed by atoms with Crippen LogP contribution in [0.5, 0.6) is 5.75 Å². The number of nitro groups is 1. The third-order valence-electron chi connectivity index (χ3n) is 3.74. The van der Waals surface area contributed by atoms with E-state index >= 15 is 0 Å². The molecule has 2 rings (SSSR count). The van der Waals surface area contributed by atoms with Crippen molar-refractivity contribution in [2.75, 3.05) is 18.6 Å². The first kappa shape index (κ1) is 14.1. The minimum Gasteiger partial charge on any atom is -0.496 e. The molecule has 1 aliphatic rings. The van der Waals surface area contributed by atoms with E-state index in [1.54, 1.807) is 17.9 Å². The number of ether oxygens (including phenoxy) is 1. The summed E-state index contributed by atoms with van der Waals surface area (Å²) in [7, 11) is 1.42. The Morgan fingerprint density at radius 3 is 2.75 bits per heavy atom. The van der Waals surface area contributed by atoms with Gasteiger partial charge in [-0.05, 0) is 19.8 Å². The molecule has 1 N–H and O–H groups in total. The standard InChI is InChI=1S/C13H16N2O5/c1-13(12(16)17)4-3-5-14(13)9-6-10(15(18)19)8-11(7-9)20-2/h6-8H,3-5H2,1-2H3,(H,16,17). The molecule has 1 aromatic carbocycles. The first-order valence-corrected chi connectivity index (χ1v) is 6.23. The maximum atomic E-state index is 11.5. The van der Waals surface area contributed by atoms with Gasteiger partial charge < -0.3 is 14.7 Å². The molecular weight excluding hydrogens is 264 g/mol. The van der Waals surface area contributed by atoms with Crippen LogP contribution in [0.4, 0.5) is 11.4 Å². The number of benzene rings is 1. The van der Waals surface area contributed by atoms with Gasteiger partial charge in [0.25, 0.3) is 5.69 Å². The highest BCUT2D eigenvalue weighted by molar-refractivity contribution is 5.84. The minimum absolute atomic E-state index is 0.112. The molecule has 1 unspecified atom stereocenters. The van der Waals surface area contributed by atoms with E-state index in [4.69, 9.17) is 4.74 Å². The van der Waals surface area contributed by atoms with Crippen molar-refractivity contribution in [2.24, 2.45) is 0 Å². The third kappa shape index (κ3) is 2.26. The van der Waals surface area contributed by atoms with Gasteiger partial charge in [0.15, 0.2) is 0 Å². The monoisotopic (exact) mass is 280 g/mol. The quantitative estimate of drug-likeness (QED) is 0.670. The van der Waals surface area contributed by atoms with Crippen LogP contribution in [0.1, 0.15) is 19.8 Å². The number of nitro benzene ring substituents is 1. The van der Waals surface area contributed by atoms with Crippen molar-refractivity contribution in [1.82, 2.24) is 0 Å². The fourth-order valence-corrected chi connectivity index (χ4v) is 2.55. The average molecular weight is 280 g/mol. The Hall–Kier alpha value is -2.31. The van der Waals surface area contributed by atoms with E-state index in [1.165, 1.54) is 19.2 Å². The van der Waals surface area contributed by atoms with Crippen LogP contribution in [-0.2, 0) is 4.79 Å². The maximum Gasteiger partial charge on any atom is 0.329 e. The number of hydrogen-bond donors (Lipinski definition) is 1. The highest BCUT2D eigenvalue weighted by Crippen LogP contribution is 2.37. The van der Waals surface area contributed by atoms with Crippen molar-refractivity contribution >= 4 is 17.3 Å². The molecule has 1 atom stereocenters. The lowest BCUT2D eigenvalue weighted by Crippen LogP contribution is -2.48. The second-order valence-corrected chi connectivity index (χ2v) is 4.98. The number of carboxylic acids is 1. The Bertz CT molecular complexity index is 560. The van der Waals surface area contributed by atoms with Crippen molar-refractivity contribution < 1.29 is 19.6 Å². The number of nitrogens with zero attached hydrogens (tertiary/aromatic N) is 2. The lowest BCUT2D eigenvalue weighted by Gasteiger charge is -2.33. The zero-order valence-corrected chi connectivity index (χ0v) is 11.3. The van der Waals surface area contributed by atoms with E-state index < -0.39 is 16.4 Å². The third-order valence-corrected chi connectivity index (χ3v) is 3.74. The van der Waals surface area contributed by atoms with Gasteiger partial charge >= 0.3 is 5.97 Å². The lowest BCUT2D eigenvalue weighted by atomic mass is 9.98. The first-order chi connectivity index (χ1) is 9.38. The molecule has 0 bridgehead atoms. The van der Waals surface area contributed by atoms with Crippen LogP contribution in [0.25, 0.3) is 0 Å². The number of methoxy groups -OCH3 is 1. The lowest BCUT2D eigenvalue weighted by molar-refractivity contribution is -0.384. The van der Waals surface area contributed by atoms with Crippen molar-refractivity contribution in [3.05, 3.63) is 28.3 Å². The molecule has 1 aliphatic heterocycles. The summed E-state index contributed by atoms with van der Waals surface area (Å²) in [6.07, 6.45) is 1.24. The van der Waals surface area contributed by atoms with Gasteiger partial charge in [-0.15, -0.1) is 0 Å². The van der Waals surface area contributed by atoms with Gasteiger partial charge in [-0.3, -0.25) is 10.1 Å². The summed E-state index contributed by atoms with van der Waals surface area (Å²) in [5.74, 6) is -0.589. The molecule has 1 heterocycles. The number of anilines is 1. The van der Waals surface area contributed by atoms with E-state index in [0.717, 1.165) is 6.42 Å². The topological polar surface area (TPSA) is 92.9 Å². The Morgan fingerprint density at radius 2 is 2.20 bits per heavy atom. The molecular formula is C13H16N2O5. The number of carbonyl (C=O) groups is 1. The van der Waals surface area contributed by atoms with Crippen LogP contribution in [0.3, 0.4) is 0 Å². The van der Waals surface area contributed by atoms with Gasteiger partial charge in [-0.1, -0.05) is 0 Å². The summed E-state index contributed by atoms with van der Waals surface area (Å²) >= 11 is 0. The molecule has 7 heteroatoms.